The van der Waals surface area contributed by atoms with Crippen molar-refractivity contribution in [3.8, 4) is 0 Å². The quantitative estimate of drug-likeness (QED) is 0.360. The summed E-state index contributed by atoms with van der Waals surface area (Å²) in [6, 6.07) is 9.04. The number of nitrogens with one attached hydrogen (secondary N) is 2. The number of halogens is 3. The highest BCUT2D eigenvalue weighted by Gasteiger charge is 2.39. The summed E-state index contributed by atoms with van der Waals surface area (Å²) in [5.74, 6) is -1.38. The summed E-state index contributed by atoms with van der Waals surface area (Å²) in [6.07, 6.45) is 0.495. The van der Waals surface area contributed by atoms with E-state index in [1.807, 2.05) is 4.90 Å². The average molecular weight is 611 g/mol. The maximum Gasteiger partial charge on any atom is 0.245 e. The lowest BCUT2D eigenvalue weighted by Gasteiger charge is -2.45. The third-order valence-electron chi connectivity index (χ3n) is 7.12. The van der Waals surface area contributed by atoms with Crippen LogP contribution in [0.1, 0.15) is 25.0 Å². The Bertz CT molecular complexity index is 1220. The van der Waals surface area contributed by atoms with Gasteiger partial charge in [0.05, 0.1) is 24.2 Å². The van der Waals surface area contributed by atoms with Gasteiger partial charge in [0.1, 0.15) is 11.9 Å². The van der Waals surface area contributed by atoms with Crippen LogP contribution in [0.5, 0.6) is 0 Å². The summed E-state index contributed by atoms with van der Waals surface area (Å²) in [7, 11) is 3.12. The molecule has 12 heteroatoms. The Balaban J connectivity index is 1.85. The van der Waals surface area contributed by atoms with Crippen LogP contribution >= 0.6 is 23.2 Å². The molecule has 1 aliphatic rings. The molecule has 224 valence electrons. The van der Waals surface area contributed by atoms with Gasteiger partial charge in [-0.2, -0.15) is 0 Å². The van der Waals surface area contributed by atoms with Crippen molar-refractivity contribution in [2.24, 2.45) is 5.73 Å². The normalized spacial score (nSPS) is 17.6. The number of methoxy groups -OCH3 is 1. The predicted molar refractivity (Wildman–Crippen MR) is 157 cm³/mol. The molecule has 9 nitrogen and oxygen atoms in total. The van der Waals surface area contributed by atoms with E-state index in [0.29, 0.717) is 35.1 Å². The molecule has 0 radical (unpaired) electrons. The number of likely N-dealkylation sites (N-methyl/N-ethyl adjacent to an activating group) is 1. The van der Waals surface area contributed by atoms with Crippen molar-refractivity contribution in [3.63, 3.8) is 0 Å². The fourth-order valence-electron chi connectivity index (χ4n) is 4.84. The van der Waals surface area contributed by atoms with Gasteiger partial charge in [0.25, 0.3) is 0 Å². The van der Waals surface area contributed by atoms with E-state index in [9.17, 15) is 18.8 Å². The number of hydrogen-bond donors (Lipinski definition) is 3. The van der Waals surface area contributed by atoms with E-state index >= 15 is 0 Å². The fourth-order valence-corrected chi connectivity index (χ4v) is 5.32. The van der Waals surface area contributed by atoms with Gasteiger partial charge in [0, 0.05) is 50.3 Å². The highest BCUT2D eigenvalue weighted by atomic mass is 35.5. The second-order valence-corrected chi connectivity index (χ2v) is 11.6. The first kappa shape index (κ1) is 32.8. The molecule has 0 spiro atoms. The number of piperazine rings is 1. The summed E-state index contributed by atoms with van der Waals surface area (Å²) in [4.78, 5) is 43.5. The van der Waals surface area contributed by atoms with E-state index in [2.05, 4.69) is 10.6 Å². The molecule has 0 aromatic heterocycles. The Morgan fingerprint density at radius 3 is 2.39 bits per heavy atom. The highest BCUT2D eigenvalue weighted by molar-refractivity contribution is 6.35. The largest absolute Gasteiger partial charge is 0.382 e. The molecular formula is C29H38Cl2FN5O4. The zero-order valence-electron chi connectivity index (χ0n) is 23.8. The minimum absolute atomic E-state index is 0.150. The van der Waals surface area contributed by atoms with Crippen molar-refractivity contribution in [2.75, 3.05) is 40.4 Å². The lowest BCUT2D eigenvalue weighted by atomic mass is 9.99. The number of ether oxygens (including phenoxy) is 1. The number of rotatable bonds is 11. The van der Waals surface area contributed by atoms with Crippen molar-refractivity contribution in [3.05, 3.63) is 69.5 Å². The van der Waals surface area contributed by atoms with Crippen molar-refractivity contribution in [1.29, 1.82) is 0 Å². The van der Waals surface area contributed by atoms with E-state index < -0.39 is 35.4 Å². The lowest BCUT2D eigenvalue weighted by molar-refractivity contribution is -0.144. The van der Waals surface area contributed by atoms with Gasteiger partial charge in [0.15, 0.2) is 0 Å². The maximum absolute atomic E-state index is 14.0. The van der Waals surface area contributed by atoms with Crippen molar-refractivity contribution in [2.45, 2.75) is 50.4 Å². The lowest BCUT2D eigenvalue weighted by Crippen LogP contribution is -2.65. The van der Waals surface area contributed by atoms with Gasteiger partial charge in [-0.3, -0.25) is 19.3 Å². The first-order valence-corrected chi connectivity index (χ1v) is 14.1. The van der Waals surface area contributed by atoms with E-state index in [-0.39, 0.29) is 31.4 Å². The number of amides is 3. The number of nitrogens with zero attached hydrogens (tertiary/aromatic N) is 2. The number of carbonyl (C=O) groups is 3. The highest BCUT2D eigenvalue weighted by Crippen LogP contribution is 2.25. The van der Waals surface area contributed by atoms with Crippen LogP contribution in [-0.2, 0) is 32.0 Å². The third kappa shape index (κ3) is 8.86. The summed E-state index contributed by atoms with van der Waals surface area (Å²) >= 11 is 12.5. The first-order chi connectivity index (χ1) is 19.3. The smallest absolute Gasteiger partial charge is 0.245 e. The van der Waals surface area contributed by atoms with Crippen LogP contribution in [-0.4, -0.2) is 91.6 Å². The van der Waals surface area contributed by atoms with Gasteiger partial charge >= 0.3 is 0 Å². The minimum Gasteiger partial charge on any atom is -0.382 e. The average Bonchev–Trinajstić information content (AvgIpc) is 2.92. The Kier molecular flexibility index (Phi) is 11.5. The summed E-state index contributed by atoms with van der Waals surface area (Å²) < 4.78 is 19.0. The number of nitrogens with two attached hydrogens (primary N) is 1. The van der Waals surface area contributed by atoms with Crippen molar-refractivity contribution in [1.82, 2.24) is 20.4 Å². The molecular weight excluding hydrogens is 572 g/mol. The molecule has 0 saturated carbocycles. The Morgan fingerprint density at radius 1 is 1.12 bits per heavy atom. The molecule has 1 saturated heterocycles. The Hall–Kier alpha value is -2.76. The summed E-state index contributed by atoms with van der Waals surface area (Å²) in [6.45, 7) is 4.36. The minimum atomic E-state index is -1.21. The standard InChI is InChI=1S/C29H38Cl2FN5O4/c1-29(2,33)28(40)35-24(13-18-5-9-21(32)10-6-18)27(39)37-12-11-36(16-22(37)17-41-4)25(26(38)34-3)14-19-7-8-20(30)15-23(19)31/h5-10,15,22,24-25H,11-14,16-17,33H2,1-4H3,(H,34,38)(H,35,40). The monoisotopic (exact) mass is 609 g/mol. The fraction of sp³-hybridized carbons (Fsp3) is 0.483. The topological polar surface area (TPSA) is 117 Å². The van der Waals surface area contributed by atoms with E-state index in [4.69, 9.17) is 33.7 Å². The van der Waals surface area contributed by atoms with Crippen LogP contribution in [0.3, 0.4) is 0 Å². The van der Waals surface area contributed by atoms with Crippen molar-refractivity contribution < 1.29 is 23.5 Å². The number of carbonyl (C=O) groups excluding carboxylic acids is 3. The molecule has 3 atom stereocenters. The van der Waals surface area contributed by atoms with Crippen LogP contribution < -0.4 is 16.4 Å². The molecule has 3 unspecified atom stereocenters. The molecule has 2 aromatic carbocycles. The van der Waals surface area contributed by atoms with Crippen LogP contribution in [0.4, 0.5) is 4.39 Å². The molecule has 3 amide bonds. The van der Waals surface area contributed by atoms with E-state index in [1.165, 1.54) is 12.1 Å². The molecule has 41 heavy (non-hydrogen) atoms. The molecule has 3 rings (SSSR count). The molecule has 0 aliphatic carbocycles. The summed E-state index contributed by atoms with van der Waals surface area (Å²) in [5, 5.41) is 6.49. The second-order valence-electron chi connectivity index (χ2n) is 10.8. The van der Waals surface area contributed by atoms with Gasteiger partial charge in [-0.05, 0) is 55.7 Å². The van der Waals surface area contributed by atoms with Gasteiger partial charge < -0.3 is 26.0 Å². The summed E-state index contributed by atoms with van der Waals surface area (Å²) in [5.41, 5.74) is 6.25. The third-order valence-corrected chi connectivity index (χ3v) is 7.70. The van der Waals surface area contributed by atoms with E-state index in [1.54, 1.807) is 63.2 Å². The van der Waals surface area contributed by atoms with Crippen LogP contribution in [0.2, 0.25) is 10.0 Å². The zero-order valence-corrected chi connectivity index (χ0v) is 25.3. The van der Waals surface area contributed by atoms with Gasteiger partial charge in [-0.25, -0.2) is 4.39 Å². The van der Waals surface area contributed by atoms with E-state index in [0.717, 1.165) is 5.56 Å². The molecule has 2 aromatic rings. The molecule has 4 N–H and O–H groups in total. The van der Waals surface area contributed by atoms with Crippen LogP contribution in [0.25, 0.3) is 0 Å². The number of hydrogen-bond acceptors (Lipinski definition) is 6. The number of benzene rings is 2. The first-order valence-electron chi connectivity index (χ1n) is 13.4. The second kappa shape index (κ2) is 14.4. The van der Waals surface area contributed by atoms with Crippen LogP contribution in [0, 0.1) is 5.82 Å². The van der Waals surface area contributed by atoms with Crippen LogP contribution in [0.15, 0.2) is 42.5 Å². The molecule has 1 fully saturated rings. The zero-order chi connectivity index (χ0) is 30.3. The van der Waals surface area contributed by atoms with Crippen molar-refractivity contribution >= 4 is 40.9 Å². The Labute approximate surface area is 250 Å². The predicted octanol–water partition coefficient (Wildman–Crippen LogP) is 2.41. The molecule has 1 aliphatic heterocycles. The van der Waals surface area contributed by atoms with Gasteiger partial charge in [-0.15, -0.1) is 0 Å². The van der Waals surface area contributed by atoms with Gasteiger partial charge in [-0.1, -0.05) is 41.4 Å². The maximum atomic E-state index is 14.0. The Morgan fingerprint density at radius 2 is 1.80 bits per heavy atom. The van der Waals surface area contributed by atoms with Gasteiger partial charge in [0.2, 0.25) is 17.7 Å². The SMILES string of the molecule is CNC(=O)C(Cc1ccc(Cl)cc1Cl)N1CCN(C(=O)C(Cc2ccc(F)cc2)NC(=O)C(C)(C)N)C(COC)C1. The molecule has 0 bridgehead atoms. The molecule has 1 heterocycles.